The summed E-state index contributed by atoms with van der Waals surface area (Å²) in [6, 6.07) is 0. The SMILES string of the molecule is C=C/C(C)=N\CC(C)C(C)C. The Morgan fingerprint density at radius 1 is 1.45 bits per heavy atom. The van der Waals surface area contributed by atoms with Crippen molar-refractivity contribution in [1.82, 2.24) is 0 Å². The summed E-state index contributed by atoms with van der Waals surface area (Å²) in [5.41, 5.74) is 1.04. The highest BCUT2D eigenvalue weighted by Gasteiger charge is 2.04. The minimum Gasteiger partial charge on any atom is -0.290 e. The highest BCUT2D eigenvalue weighted by atomic mass is 14.7. The van der Waals surface area contributed by atoms with E-state index in [-0.39, 0.29) is 0 Å². The predicted octanol–water partition coefficient (Wildman–Crippen LogP) is 2.93. The normalized spacial score (nSPS) is 15.2. The molecule has 0 aliphatic heterocycles. The van der Waals surface area contributed by atoms with Crippen molar-refractivity contribution in [2.75, 3.05) is 6.54 Å². The maximum Gasteiger partial charge on any atom is 0.0420 e. The average Bonchev–Trinajstić information content (AvgIpc) is 1.99. The van der Waals surface area contributed by atoms with E-state index in [1.165, 1.54) is 0 Å². The van der Waals surface area contributed by atoms with E-state index in [4.69, 9.17) is 0 Å². The molecule has 0 spiro atoms. The van der Waals surface area contributed by atoms with Crippen LogP contribution in [0.4, 0.5) is 0 Å². The van der Waals surface area contributed by atoms with Crippen LogP contribution in [0.25, 0.3) is 0 Å². The lowest BCUT2D eigenvalue weighted by atomic mass is 9.98. The largest absolute Gasteiger partial charge is 0.290 e. The number of allylic oxidation sites excluding steroid dienone is 1. The van der Waals surface area contributed by atoms with Gasteiger partial charge in [-0.05, 0) is 24.8 Å². The molecule has 0 aromatic rings. The summed E-state index contributed by atoms with van der Waals surface area (Å²) in [6.07, 6.45) is 1.80. The van der Waals surface area contributed by atoms with Gasteiger partial charge in [-0.3, -0.25) is 4.99 Å². The molecule has 0 aromatic carbocycles. The van der Waals surface area contributed by atoms with Crippen LogP contribution >= 0.6 is 0 Å². The van der Waals surface area contributed by atoms with Gasteiger partial charge in [0.05, 0.1) is 0 Å². The molecule has 11 heavy (non-hydrogen) atoms. The topological polar surface area (TPSA) is 12.4 Å². The smallest absolute Gasteiger partial charge is 0.0420 e. The third kappa shape index (κ3) is 4.77. The zero-order valence-electron chi connectivity index (χ0n) is 8.09. The van der Waals surface area contributed by atoms with E-state index < -0.39 is 0 Å². The van der Waals surface area contributed by atoms with Crippen LogP contribution in [0.3, 0.4) is 0 Å². The lowest BCUT2D eigenvalue weighted by Gasteiger charge is -2.11. The van der Waals surface area contributed by atoms with Gasteiger partial charge in [-0.2, -0.15) is 0 Å². The zero-order chi connectivity index (χ0) is 8.85. The van der Waals surface area contributed by atoms with Crippen molar-refractivity contribution in [3.63, 3.8) is 0 Å². The van der Waals surface area contributed by atoms with Gasteiger partial charge in [0.25, 0.3) is 0 Å². The monoisotopic (exact) mass is 153 g/mol. The van der Waals surface area contributed by atoms with Crippen molar-refractivity contribution in [2.24, 2.45) is 16.8 Å². The highest BCUT2D eigenvalue weighted by molar-refractivity contribution is 5.92. The van der Waals surface area contributed by atoms with Crippen molar-refractivity contribution in [3.05, 3.63) is 12.7 Å². The number of aliphatic imine (C=N–C) groups is 1. The molecule has 0 bridgehead atoms. The Morgan fingerprint density at radius 3 is 2.36 bits per heavy atom. The van der Waals surface area contributed by atoms with Crippen molar-refractivity contribution < 1.29 is 0 Å². The zero-order valence-corrected chi connectivity index (χ0v) is 8.09. The van der Waals surface area contributed by atoms with Crippen LogP contribution in [-0.2, 0) is 0 Å². The lowest BCUT2D eigenvalue weighted by Crippen LogP contribution is -2.08. The van der Waals surface area contributed by atoms with Crippen molar-refractivity contribution >= 4 is 5.71 Å². The van der Waals surface area contributed by atoms with Crippen LogP contribution in [-0.4, -0.2) is 12.3 Å². The molecule has 0 radical (unpaired) electrons. The molecule has 0 saturated carbocycles. The van der Waals surface area contributed by atoms with Crippen LogP contribution in [0.1, 0.15) is 27.7 Å². The van der Waals surface area contributed by atoms with Crippen LogP contribution in [0.5, 0.6) is 0 Å². The molecule has 1 unspecified atom stereocenters. The van der Waals surface area contributed by atoms with Gasteiger partial charge in [0, 0.05) is 12.3 Å². The van der Waals surface area contributed by atoms with E-state index in [0.717, 1.165) is 18.2 Å². The van der Waals surface area contributed by atoms with Gasteiger partial charge in [-0.1, -0.05) is 27.4 Å². The number of hydrogen-bond acceptors (Lipinski definition) is 1. The molecule has 1 heteroatoms. The molecule has 0 fully saturated rings. The van der Waals surface area contributed by atoms with E-state index in [1.54, 1.807) is 6.08 Å². The first-order valence-electron chi connectivity index (χ1n) is 4.21. The summed E-state index contributed by atoms with van der Waals surface area (Å²) in [5, 5.41) is 0. The lowest BCUT2D eigenvalue weighted by molar-refractivity contribution is 0.430. The molecule has 0 amide bonds. The molecule has 0 aliphatic rings. The molecular weight excluding hydrogens is 134 g/mol. The molecule has 0 N–H and O–H groups in total. The van der Waals surface area contributed by atoms with Gasteiger partial charge in [0.2, 0.25) is 0 Å². The van der Waals surface area contributed by atoms with Gasteiger partial charge < -0.3 is 0 Å². The van der Waals surface area contributed by atoms with Gasteiger partial charge in [0.15, 0.2) is 0 Å². The minimum absolute atomic E-state index is 0.671. The predicted molar refractivity (Wildman–Crippen MR) is 52.2 cm³/mol. The second kappa shape index (κ2) is 5.11. The van der Waals surface area contributed by atoms with E-state index in [2.05, 4.69) is 32.3 Å². The fourth-order valence-corrected chi connectivity index (χ4v) is 0.563. The van der Waals surface area contributed by atoms with E-state index >= 15 is 0 Å². The number of nitrogens with zero attached hydrogens (tertiary/aromatic N) is 1. The molecule has 64 valence electrons. The highest BCUT2D eigenvalue weighted by Crippen LogP contribution is 2.09. The van der Waals surface area contributed by atoms with Crippen LogP contribution < -0.4 is 0 Å². The number of hydrogen-bond donors (Lipinski definition) is 0. The second-order valence-corrected chi connectivity index (χ2v) is 3.41. The Hall–Kier alpha value is -0.590. The Morgan fingerprint density at radius 2 is 2.00 bits per heavy atom. The van der Waals surface area contributed by atoms with E-state index in [0.29, 0.717) is 5.92 Å². The minimum atomic E-state index is 0.671. The first kappa shape index (κ1) is 10.4. The molecule has 0 aromatic heterocycles. The standard InChI is InChI=1S/C10H19N/c1-6-10(5)11-7-9(4)8(2)3/h6,8-9H,1,7H2,2-5H3/b11-10-. The third-order valence-electron chi connectivity index (χ3n) is 2.06. The van der Waals surface area contributed by atoms with Gasteiger partial charge in [0.1, 0.15) is 0 Å². The van der Waals surface area contributed by atoms with Gasteiger partial charge in [-0.15, -0.1) is 0 Å². The third-order valence-corrected chi connectivity index (χ3v) is 2.06. The fraction of sp³-hybridized carbons (Fsp3) is 0.700. The molecule has 1 nitrogen and oxygen atoms in total. The quantitative estimate of drug-likeness (QED) is 0.551. The molecular formula is C10H19N. The fourth-order valence-electron chi connectivity index (χ4n) is 0.563. The van der Waals surface area contributed by atoms with Gasteiger partial charge in [-0.25, -0.2) is 0 Å². The van der Waals surface area contributed by atoms with Crippen LogP contribution in [0.2, 0.25) is 0 Å². The summed E-state index contributed by atoms with van der Waals surface area (Å²) in [5.74, 6) is 1.39. The first-order chi connectivity index (χ1) is 5.07. The van der Waals surface area contributed by atoms with E-state index in [9.17, 15) is 0 Å². The Kier molecular flexibility index (Phi) is 4.84. The average molecular weight is 153 g/mol. The maximum absolute atomic E-state index is 4.36. The summed E-state index contributed by atoms with van der Waals surface area (Å²) >= 11 is 0. The summed E-state index contributed by atoms with van der Waals surface area (Å²) in [4.78, 5) is 4.36. The van der Waals surface area contributed by atoms with Crippen molar-refractivity contribution in [2.45, 2.75) is 27.7 Å². The molecule has 0 heterocycles. The molecule has 0 saturated heterocycles. The van der Waals surface area contributed by atoms with Crippen molar-refractivity contribution in [1.29, 1.82) is 0 Å². The summed E-state index contributed by atoms with van der Waals surface area (Å²) in [7, 11) is 0. The molecule has 0 aliphatic carbocycles. The van der Waals surface area contributed by atoms with Crippen LogP contribution in [0.15, 0.2) is 17.6 Å². The maximum atomic E-state index is 4.36. The molecule has 0 rings (SSSR count). The summed E-state index contributed by atoms with van der Waals surface area (Å²) < 4.78 is 0. The second-order valence-electron chi connectivity index (χ2n) is 3.41. The van der Waals surface area contributed by atoms with Crippen LogP contribution in [0, 0.1) is 11.8 Å². The molecule has 1 atom stereocenters. The summed E-state index contributed by atoms with van der Waals surface area (Å²) in [6.45, 7) is 13.2. The van der Waals surface area contributed by atoms with Gasteiger partial charge >= 0.3 is 0 Å². The van der Waals surface area contributed by atoms with Crippen molar-refractivity contribution in [3.8, 4) is 0 Å². The first-order valence-corrected chi connectivity index (χ1v) is 4.21. The Bertz CT molecular complexity index is 145. The Balaban J connectivity index is 3.77. The van der Waals surface area contributed by atoms with E-state index in [1.807, 2.05) is 6.92 Å². The number of rotatable bonds is 4. The Labute approximate surface area is 70.2 Å².